The zero-order valence-corrected chi connectivity index (χ0v) is 15.9. The molecule has 28 heavy (non-hydrogen) atoms. The molecule has 2 aromatic carbocycles. The molecule has 0 atom stereocenters. The van der Waals surface area contributed by atoms with Crippen molar-refractivity contribution in [2.75, 3.05) is 19.4 Å². The molecule has 1 heterocycles. The van der Waals surface area contributed by atoms with Crippen LogP contribution in [0.25, 0.3) is 11.0 Å². The fourth-order valence-corrected chi connectivity index (χ4v) is 3.22. The zero-order chi connectivity index (χ0) is 20.3. The fraction of sp³-hybridized carbons (Fsp3) is 0.200. The van der Waals surface area contributed by atoms with Crippen molar-refractivity contribution in [1.29, 1.82) is 0 Å². The maximum absolute atomic E-state index is 12.7. The van der Waals surface area contributed by atoms with E-state index in [1.165, 1.54) is 13.1 Å². The second kappa shape index (κ2) is 8.33. The number of fused-ring (bicyclic) bond motifs is 1. The Morgan fingerprint density at radius 3 is 2.75 bits per heavy atom. The predicted octanol–water partition coefficient (Wildman–Crippen LogP) is 2.87. The molecule has 0 radical (unpaired) electrons. The Hall–Kier alpha value is -3.03. The molecule has 0 saturated carbocycles. The van der Waals surface area contributed by atoms with Gasteiger partial charge < -0.3 is 25.3 Å². The van der Waals surface area contributed by atoms with Gasteiger partial charge in [0.2, 0.25) is 0 Å². The van der Waals surface area contributed by atoms with E-state index >= 15 is 0 Å². The average molecular weight is 403 g/mol. The van der Waals surface area contributed by atoms with Crippen molar-refractivity contribution in [2.24, 2.45) is 0 Å². The second-order valence-corrected chi connectivity index (χ2v) is 6.57. The average Bonchev–Trinajstić information content (AvgIpc) is 2.66. The molecule has 0 saturated heterocycles. The smallest absolute Gasteiger partial charge is 0.412 e. The quantitative estimate of drug-likeness (QED) is 0.446. The standard InChI is InChI=1S/C20H19ClN2O5/c1-23-20(26)28-18-10-17-14(9-16(18)21)13(5-6-24)15(19(25)27-17)8-11-3-2-4-12(22)7-11/h2-4,7,9-10,24H,5-6,8,22H2,1H3,(H,23,26). The minimum Gasteiger partial charge on any atom is -0.422 e. The van der Waals surface area contributed by atoms with Gasteiger partial charge in [-0.25, -0.2) is 9.59 Å². The van der Waals surface area contributed by atoms with Crippen LogP contribution < -0.4 is 21.4 Å². The van der Waals surface area contributed by atoms with Crippen molar-refractivity contribution < 1.29 is 19.1 Å². The summed E-state index contributed by atoms with van der Waals surface area (Å²) in [5.41, 5.74) is 7.98. The van der Waals surface area contributed by atoms with Crippen molar-refractivity contribution in [3.05, 3.63) is 68.5 Å². The summed E-state index contributed by atoms with van der Waals surface area (Å²) in [6.07, 6.45) is -0.157. The Morgan fingerprint density at radius 2 is 2.07 bits per heavy atom. The van der Waals surface area contributed by atoms with Crippen LogP contribution in [0.1, 0.15) is 16.7 Å². The topological polar surface area (TPSA) is 115 Å². The van der Waals surface area contributed by atoms with Crippen LogP contribution in [0.2, 0.25) is 5.02 Å². The van der Waals surface area contributed by atoms with Gasteiger partial charge in [-0.3, -0.25) is 0 Å². The van der Waals surface area contributed by atoms with Gasteiger partial charge in [-0.05, 0) is 35.7 Å². The van der Waals surface area contributed by atoms with Crippen LogP contribution in [0.5, 0.6) is 5.75 Å². The molecule has 8 heteroatoms. The Morgan fingerprint density at radius 1 is 1.29 bits per heavy atom. The highest BCUT2D eigenvalue weighted by Crippen LogP contribution is 2.33. The van der Waals surface area contributed by atoms with E-state index in [9.17, 15) is 14.7 Å². The maximum Gasteiger partial charge on any atom is 0.412 e. The van der Waals surface area contributed by atoms with Crippen molar-refractivity contribution >= 4 is 34.4 Å². The van der Waals surface area contributed by atoms with E-state index in [2.05, 4.69) is 5.32 Å². The molecule has 0 bridgehead atoms. The second-order valence-electron chi connectivity index (χ2n) is 6.16. The van der Waals surface area contributed by atoms with Crippen molar-refractivity contribution in [1.82, 2.24) is 5.32 Å². The first-order valence-electron chi connectivity index (χ1n) is 8.56. The van der Waals surface area contributed by atoms with E-state index in [-0.39, 0.29) is 29.4 Å². The highest BCUT2D eigenvalue weighted by Gasteiger charge is 2.18. The molecule has 1 amide bonds. The molecule has 4 N–H and O–H groups in total. The van der Waals surface area contributed by atoms with Crippen LogP contribution in [-0.2, 0) is 12.8 Å². The van der Waals surface area contributed by atoms with Gasteiger partial charge in [-0.15, -0.1) is 0 Å². The lowest BCUT2D eigenvalue weighted by molar-refractivity contribution is 0.203. The number of halogens is 1. The number of nitrogens with one attached hydrogen (secondary N) is 1. The van der Waals surface area contributed by atoms with Gasteiger partial charge in [0.1, 0.15) is 5.58 Å². The molecule has 3 rings (SSSR count). The van der Waals surface area contributed by atoms with Crippen LogP contribution in [0, 0.1) is 0 Å². The number of amides is 1. The lowest BCUT2D eigenvalue weighted by atomic mass is 9.96. The molecule has 0 aliphatic carbocycles. The Labute approximate surface area is 165 Å². The molecule has 146 valence electrons. The van der Waals surface area contributed by atoms with Gasteiger partial charge >= 0.3 is 11.7 Å². The van der Waals surface area contributed by atoms with Crippen LogP contribution in [0.4, 0.5) is 10.5 Å². The van der Waals surface area contributed by atoms with Crippen LogP contribution in [0.15, 0.2) is 45.6 Å². The van der Waals surface area contributed by atoms with E-state index in [0.29, 0.717) is 28.6 Å². The van der Waals surface area contributed by atoms with Gasteiger partial charge in [0.05, 0.1) is 5.02 Å². The number of carbonyl (C=O) groups excluding carboxylic acids is 1. The molecule has 3 aromatic rings. The van der Waals surface area contributed by atoms with Crippen LogP contribution >= 0.6 is 11.6 Å². The number of anilines is 1. The first-order valence-corrected chi connectivity index (χ1v) is 8.93. The SMILES string of the molecule is CNC(=O)Oc1cc2oc(=O)c(Cc3cccc(N)c3)c(CCO)c2cc1Cl. The van der Waals surface area contributed by atoms with E-state index in [4.69, 9.17) is 26.5 Å². The van der Waals surface area contributed by atoms with E-state index < -0.39 is 11.7 Å². The fourth-order valence-electron chi connectivity index (χ4n) is 3.01. The van der Waals surface area contributed by atoms with Gasteiger partial charge in [-0.1, -0.05) is 23.7 Å². The number of nitrogen functional groups attached to an aromatic ring is 1. The number of aliphatic hydroxyl groups excluding tert-OH is 1. The zero-order valence-electron chi connectivity index (χ0n) is 15.1. The van der Waals surface area contributed by atoms with Gasteiger partial charge in [0.15, 0.2) is 5.75 Å². The van der Waals surface area contributed by atoms with Crippen LogP contribution in [-0.4, -0.2) is 24.9 Å². The number of nitrogens with two attached hydrogens (primary N) is 1. The van der Waals surface area contributed by atoms with Gasteiger partial charge in [-0.2, -0.15) is 0 Å². The highest BCUT2D eigenvalue weighted by molar-refractivity contribution is 6.33. The largest absolute Gasteiger partial charge is 0.422 e. The minimum atomic E-state index is -0.697. The number of carbonyl (C=O) groups is 1. The number of hydrogen-bond acceptors (Lipinski definition) is 6. The Bertz CT molecular complexity index is 1090. The molecular weight excluding hydrogens is 384 g/mol. The van der Waals surface area contributed by atoms with E-state index in [1.54, 1.807) is 24.3 Å². The summed E-state index contributed by atoms with van der Waals surface area (Å²) in [6, 6.07) is 10.1. The first-order chi connectivity index (χ1) is 13.4. The summed E-state index contributed by atoms with van der Waals surface area (Å²) in [5.74, 6) is 0.0650. The number of rotatable bonds is 5. The summed E-state index contributed by atoms with van der Waals surface area (Å²) >= 11 is 6.25. The normalized spacial score (nSPS) is 10.8. The monoisotopic (exact) mass is 402 g/mol. The van der Waals surface area contributed by atoms with Crippen molar-refractivity contribution in [2.45, 2.75) is 12.8 Å². The lowest BCUT2D eigenvalue weighted by Gasteiger charge is -2.13. The number of aliphatic hydroxyl groups is 1. The molecule has 0 aliphatic heterocycles. The van der Waals surface area contributed by atoms with Gasteiger partial charge in [0.25, 0.3) is 0 Å². The molecule has 0 fully saturated rings. The minimum absolute atomic E-state index is 0.0650. The summed E-state index contributed by atoms with van der Waals surface area (Å²) in [4.78, 5) is 24.1. The molecule has 1 aromatic heterocycles. The molecule has 0 spiro atoms. The molecular formula is C20H19ClN2O5. The summed E-state index contributed by atoms with van der Waals surface area (Å²) < 4.78 is 10.5. The van der Waals surface area contributed by atoms with E-state index in [0.717, 1.165) is 5.56 Å². The number of benzene rings is 2. The third kappa shape index (κ3) is 4.11. The van der Waals surface area contributed by atoms with Crippen LogP contribution in [0.3, 0.4) is 0 Å². The third-order valence-corrected chi connectivity index (χ3v) is 4.57. The van der Waals surface area contributed by atoms with Crippen molar-refractivity contribution in [3.8, 4) is 5.75 Å². The highest BCUT2D eigenvalue weighted by atomic mass is 35.5. The molecule has 7 nitrogen and oxygen atoms in total. The summed E-state index contributed by atoms with van der Waals surface area (Å²) in [7, 11) is 1.42. The van der Waals surface area contributed by atoms with E-state index in [1.807, 2.05) is 6.07 Å². The Balaban J connectivity index is 2.15. The molecule has 0 unspecified atom stereocenters. The van der Waals surface area contributed by atoms with Gasteiger partial charge in [0, 0.05) is 42.8 Å². The Kier molecular flexibility index (Phi) is 5.87. The summed E-state index contributed by atoms with van der Waals surface area (Å²) in [5, 5.41) is 12.6. The summed E-state index contributed by atoms with van der Waals surface area (Å²) in [6.45, 7) is -0.156. The maximum atomic E-state index is 12.7. The predicted molar refractivity (Wildman–Crippen MR) is 107 cm³/mol. The lowest BCUT2D eigenvalue weighted by Crippen LogP contribution is -2.22. The first kappa shape index (κ1) is 19.7. The number of hydrogen-bond donors (Lipinski definition) is 3. The van der Waals surface area contributed by atoms with Crippen molar-refractivity contribution in [3.63, 3.8) is 0 Å². The third-order valence-electron chi connectivity index (χ3n) is 4.27. The molecule has 0 aliphatic rings. The number of ether oxygens (including phenoxy) is 1.